The molecule has 0 unspecified atom stereocenters. The van der Waals surface area contributed by atoms with Crippen molar-refractivity contribution in [2.45, 2.75) is 69.5 Å². The topological polar surface area (TPSA) is 38.3 Å². The second kappa shape index (κ2) is 4.82. The molecule has 2 heterocycles. The highest BCUT2D eigenvalue weighted by Gasteiger charge is 2.67. The summed E-state index contributed by atoms with van der Waals surface area (Å²) in [6, 6.07) is 0. The van der Waals surface area contributed by atoms with E-state index < -0.39 is 0 Å². The second-order valence-corrected chi connectivity index (χ2v) is 8.92. The Balaban J connectivity index is 1.59. The van der Waals surface area contributed by atoms with Crippen LogP contribution >= 0.6 is 0 Å². The first-order chi connectivity index (χ1) is 11.9. The van der Waals surface area contributed by atoms with Crippen LogP contribution in [0.1, 0.15) is 59.6 Å². The monoisotopic (exact) mass is 329 g/mol. The molecule has 3 fully saturated rings. The molecule has 3 nitrogen and oxygen atoms in total. The highest BCUT2D eigenvalue weighted by molar-refractivity contribution is 5.87. The van der Waals surface area contributed by atoms with E-state index in [4.69, 9.17) is 6.11 Å². The van der Waals surface area contributed by atoms with Crippen molar-refractivity contribution in [3.8, 4) is 0 Å². The number of carbonyl (C=O) groups excluding carboxylic acids is 1. The number of Topliss-reactive ketones (excluding diaryl/α,β-unsaturated/α-hetero) is 1. The van der Waals surface area contributed by atoms with Crippen LogP contribution in [0.4, 0.5) is 0 Å². The number of ketones is 1. The normalized spacial score (nSPS) is 52.8. The fourth-order valence-electron chi connectivity index (χ4n) is 6.59. The summed E-state index contributed by atoms with van der Waals surface area (Å²) in [4.78, 5) is 12.6. The molecule has 6 atom stereocenters. The van der Waals surface area contributed by atoms with Crippen LogP contribution in [0, 0.1) is 17.3 Å². The number of fused-ring (bicyclic) bond motifs is 1. The Hall–Kier alpha value is -0.930. The molecule has 5 rings (SSSR count). The van der Waals surface area contributed by atoms with Gasteiger partial charge in [0.15, 0.2) is 0 Å². The van der Waals surface area contributed by atoms with Gasteiger partial charge in [-0.15, -0.1) is 0 Å². The van der Waals surface area contributed by atoms with E-state index in [2.05, 4.69) is 24.4 Å². The minimum Gasteiger partial charge on any atom is -0.359 e. The second-order valence-electron chi connectivity index (χ2n) is 8.92. The Morgan fingerprint density at radius 3 is 3.08 bits per heavy atom. The lowest BCUT2D eigenvalue weighted by atomic mass is 9.59. The van der Waals surface area contributed by atoms with Crippen molar-refractivity contribution in [2.75, 3.05) is 13.6 Å². The summed E-state index contributed by atoms with van der Waals surface area (Å²) in [7, 11) is 1.97. The third kappa shape index (κ3) is 1.73. The highest BCUT2D eigenvalue weighted by Crippen LogP contribution is 2.66. The van der Waals surface area contributed by atoms with Gasteiger partial charge in [0, 0.05) is 19.1 Å². The molecule has 0 amide bonds. The molecule has 0 aromatic heterocycles. The van der Waals surface area contributed by atoms with Crippen LogP contribution in [-0.4, -0.2) is 30.6 Å². The summed E-state index contributed by atoms with van der Waals surface area (Å²) in [5.41, 5.74) is 2.10. The van der Waals surface area contributed by atoms with E-state index >= 15 is 0 Å². The molecule has 3 heteroatoms. The fourth-order valence-corrected chi connectivity index (χ4v) is 6.59. The van der Waals surface area contributed by atoms with E-state index in [1.165, 1.54) is 11.1 Å². The van der Waals surface area contributed by atoms with Crippen LogP contribution in [0.2, 0.25) is 0 Å². The van der Waals surface area contributed by atoms with E-state index in [9.17, 15) is 4.79 Å². The molecular weight excluding hydrogens is 298 g/mol. The number of hydrogen-bond acceptors (Lipinski definition) is 3. The van der Waals surface area contributed by atoms with Crippen molar-refractivity contribution in [2.24, 2.45) is 17.3 Å². The largest absolute Gasteiger partial charge is 0.359 e. The zero-order valence-electron chi connectivity index (χ0n) is 15.9. The third-order valence-corrected chi connectivity index (χ3v) is 7.83. The molecule has 2 bridgehead atoms. The van der Waals surface area contributed by atoms with Gasteiger partial charge in [-0.3, -0.25) is 4.79 Å². The summed E-state index contributed by atoms with van der Waals surface area (Å²) in [6.07, 6.45) is 11.1. The average Bonchev–Trinajstić information content (AvgIpc) is 3.06. The SMILES string of the molecule is [3H][C@H]1C=C2C=C3CC[C@]4(C)C(=O)CC[C@H]4[C@@]34CC[C@]2(C[C@@H]1CNC)O4. The third-order valence-electron chi connectivity index (χ3n) is 7.83. The number of ether oxygens (including phenoxy) is 1. The zero-order valence-corrected chi connectivity index (χ0v) is 14.9. The van der Waals surface area contributed by atoms with E-state index in [-0.39, 0.29) is 23.0 Å². The van der Waals surface area contributed by atoms with Gasteiger partial charge >= 0.3 is 0 Å². The maximum Gasteiger partial charge on any atom is 0.139 e. The van der Waals surface area contributed by atoms with Crippen molar-refractivity contribution in [1.29, 1.82) is 0 Å². The van der Waals surface area contributed by atoms with Gasteiger partial charge in [0.05, 0.1) is 11.2 Å². The summed E-state index contributed by atoms with van der Waals surface area (Å²) in [6.45, 7) is 3.06. The predicted molar refractivity (Wildman–Crippen MR) is 93.7 cm³/mol. The maximum absolute atomic E-state index is 12.6. The van der Waals surface area contributed by atoms with E-state index in [0.717, 1.165) is 51.5 Å². The van der Waals surface area contributed by atoms with Crippen molar-refractivity contribution < 1.29 is 10.9 Å². The van der Waals surface area contributed by atoms with Gasteiger partial charge in [-0.2, -0.15) is 0 Å². The van der Waals surface area contributed by atoms with Gasteiger partial charge < -0.3 is 10.1 Å². The first-order valence-electron chi connectivity index (χ1n) is 10.2. The molecule has 130 valence electrons. The Morgan fingerprint density at radius 1 is 1.38 bits per heavy atom. The molecule has 5 aliphatic rings. The highest BCUT2D eigenvalue weighted by atomic mass is 16.5. The minimum absolute atomic E-state index is 0.150. The van der Waals surface area contributed by atoms with Crippen molar-refractivity contribution in [1.82, 2.24) is 5.32 Å². The molecule has 0 aromatic rings. The molecule has 3 aliphatic carbocycles. The zero-order chi connectivity index (χ0) is 17.4. The predicted octanol–water partition coefficient (Wildman–Crippen LogP) is 3.55. The molecule has 2 aliphatic heterocycles. The molecule has 2 spiro atoms. The minimum atomic E-state index is -0.202. The van der Waals surface area contributed by atoms with Crippen LogP contribution in [-0.2, 0) is 9.53 Å². The number of hydrogen-bond donors (Lipinski definition) is 1. The van der Waals surface area contributed by atoms with Crippen LogP contribution in [0.25, 0.3) is 0 Å². The lowest BCUT2D eigenvalue weighted by molar-refractivity contribution is -0.152. The van der Waals surface area contributed by atoms with Crippen LogP contribution < -0.4 is 5.32 Å². The quantitative estimate of drug-likeness (QED) is 0.842. The summed E-state index contributed by atoms with van der Waals surface area (Å²) in [5, 5.41) is 3.26. The number of nitrogens with one attached hydrogen (secondary N) is 1. The van der Waals surface area contributed by atoms with Gasteiger partial charge in [0.2, 0.25) is 0 Å². The average molecular weight is 329 g/mol. The molecule has 0 radical (unpaired) electrons. The first kappa shape index (κ1) is 14.3. The number of rotatable bonds is 2. The van der Waals surface area contributed by atoms with Crippen LogP contribution in [0.15, 0.2) is 23.3 Å². The van der Waals surface area contributed by atoms with Crippen molar-refractivity contribution in [3.05, 3.63) is 23.3 Å². The Morgan fingerprint density at radius 2 is 2.25 bits per heavy atom. The van der Waals surface area contributed by atoms with Gasteiger partial charge in [-0.1, -0.05) is 19.1 Å². The van der Waals surface area contributed by atoms with Gasteiger partial charge in [-0.25, -0.2) is 0 Å². The fraction of sp³-hybridized carbons (Fsp3) is 0.762. The van der Waals surface area contributed by atoms with Crippen LogP contribution in [0.5, 0.6) is 0 Å². The smallest absolute Gasteiger partial charge is 0.139 e. The standard InChI is InChI=1S/C21H29NO2/c1-19-8-7-16-11-15-4-3-14(13-22-2)12-20(15)9-10-21(16,24-20)17(19)5-6-18(19)23/h4,11,14,17,22H,3,5-10,12-13H2,1-2H3/t14-,17-,19+,20-,21-/m1/s1/i3T/t3-,14+,17+,19-,20+,21+/m0. The van der Waals surface area contributed by atoms with E-state index in [0.29, 0.717) is 17.6 Å². The maximum atomic E-state index is 12.6. The lowest BCUT2D eigenvalue weighted by Gasteiger charge is -2.53. The molecule has 1 saturated heterocycles. The summed E-state index contributed by atoms with van der Waals surface area (Å²) >= 11 is 0. The lowest BCUT2D eigenvalue weighted by Crippen LogP contribution is -2.55. The van der Waals surface area contributed by atoms with Crippen molar-refractivity contribution in [3.63, 3.8) is 0 Å². The number of carbonyl (C=O) groups is 1. The van der Waals surface area contributed by atoms with Gasteiger partial charge in [0.1, 0.15) is 5.78 Å². The Kier molecular flexibility index (Phi) is 2.87. The number of allylic oxidation sites excluding steroid dienone is 1. The molecule has 0 aromatic carbocycles. The molecular formula is C21H29NO2. The first-order valence-corrected chi connectivity index (χ1v) is 9.67. The van der Waals surface area contributed by atoms with Gasteiger partial charge in [-0.05, 0) is 75.6 Å². The summed E-state index contributed by atoms with van der Waals surface area (Å²) in [5.74, 6) is 1.11. The molecule has 2 saturated carbocycles. The Bertz CT molecular complexity index is 700. The van der Waals surface area contributed by atoms with E-state index in [1.807, 2.05) is 7.05 Å². The Labute approximate surface area is 146 Å². The molecule has 1 N–H and O–H groups in total. The van der Waals surface area contributed by atoms with Crippen molar-refractivity contribution >= 4 is 5.78 Å². The summed E-state index contributed by atoms with van der Waals surface area (Å²) < 4.78 is 15.5. The van der Waals surface area contributed by atoms with Gasteiger partial charge in [0.25, 0.3) is 0 Å². The molecule has 24 heavy (non-hydrogen) atoms. The van der Waals surface area contributed by atoms with E-state index in [1.54, 1.807) is 0 Å². The van der Waals surface area contributed by atoms with Crippen LogP contribution in [0.3, 0.4) is 0 Å².